The molecule has 0 amide bonds. The van der Waals surface area contributed by atoms with Crippen molar-refractivity contribution >= 4 is 35.4 Å². The Morgan fingerprint density at radius 2 is 1.83 bits per heavy atom. The summed E-state index contributed by atoms with van der Waals surface area (Å²) < 4.78 is 7.19. The quantitative estimate of drug-likeness (QED) is 0.289. The summed E-state index contributed by atoms with van der Waals surface area (Å²) in [5, 5.41) is 5.52. The summed E-state index contributed by atoms with van der Waals surface area (Å²) in [6, 6.07) is 14.8. The van der Waals surface area contributed by atoms with Gasteiger partial charge >= 0.3 is 5.97 Å². The van der Waals surface area contributed by atoms with Gasteiger partial charge in [0.05, 0.1) is 24.9 Å². The van der Waals surface area contributed by atoms with Crippen LogP contribution in [0.1, 0.15) is 39.8 Å². The van der Waals surface area contributed by atoms with Crippen LogP contribution in [-0.2, 0) is 11.3 Å². The fourth-order valence-corrected chi connectivity index (χ4v) is 3.77. The predicted octanol–water partition coefficient (Wildman–Crippen LogP) is 5.70. The molecular weight excluding hydrogens is 421 g/mol. The standard InChI is InChI=1S/C23H23Cl2N3O2/c1-4-30-23(29)17-7-5-8-19(12-17)28-15(2)11-18(16(28)3)13-26-27-14-20-21(24)9-6-10-22(20)25/h5-13,27H,4,14H2,1-3H3/b26-13-. The van der Waals surface area contributed by atoms with E-state index in [0.717, 1.165) is 28.2 Å². The molecule has 0 fully saturated rings. The van der Waals surface area contributed by atoms with Crippen LogP contribution in [0.4, 0.5) is 0 Å². The van der Waals surface area contributed by atoms with Crippen molar-refractivity contribution in [2.45, 2.75) is 27.3 Å². The van der Waals surface area contributed by atoms with E-state index in [1.54, 1.807) is 31.3 Å². The van der Waals surface area contributed by atoms with Gasteiger partial charge in [-0.1, -0.05) is 35.3 Å². The first-order chi connectivity index (χ1) is 14.4. The van der Waals surface area contributed by atoms with Crippen molar-refractivity contribution in [2.24, 2.45) is 5.10 Å². The molecule has 3 aromatic rings. The zero-order valence-electron chi connectivity index (χ0n) is 17.1. The number of rotatable bonds is 7. The fourth-order valence-electron chi connectivity index (χ4n) is 3.24. The van der Waals surface area contributed by atoms with Crippen molar-refractivity contribution in [1.82, 2.24) is 9.99 Å². The Balaban J connectivity index is 1.78. The minimum atomic E-state index is -0.328. The number of nitrogens with one attached hydrogen (secondary N) is 1. The Labute approximate surface area is 186 Å². The first kappa shape index (κ1) is 21.9. The van der Waals surface area contributed by atoms with Crippen molar-refractivity contribution in [3.05, 3.63) is 86.7 Å². The lowest BCUT2D eigenvalue weighted by molar-refractivity contribution is 0.0526. The minimum Gasteiger partial charge on any atom is -0.462 e. The number of esters is 1. The number of nitrogens with zero attached hydrogens (tertiary/aromatic N) is 2. The summed E-state index contributed by atoms with van der Waals surface area (Å²) in [6.07, 6.45) is 1.76. The van der Waals surface area contributed by atoms with Gasteiger partial charge in [-0.15, -0.1) is 0 Å². The highest BCUT2D eigenvalue weighted by Crippen LogP contribution is 2.24. The van der Waals surface area contributed by atoms with Crippen molar-refractivity contribution in [1.29, 1.82) is 0 Å². The van der Waals surface area contributed by atoms with Crippen molar-refractivity contribution in [2.75, 3.05) is 6.61 Å². The Kier molecular flexibility index (Phi) is 7.19. The van der Waals surface area contributed by atoms with E-state index in [0.29, 0.717) is 28.8 Å². The van der Waals surface area contributed by atoms with Crippen molar-refractivity contribution in [3.8, 4) is 5.69 Å². The summed E-state index contributed by atoms with van der Waals surface area (Å²) in [6.45, 7) is 6.59. The number of halogens is 2. The fraction of sp³-hybridized carbons (Fsp3) is 0.217. The molecule has 3 rings (SSSR count). The van der Waals surface area contributed by atoms with Crippen molar-refractivity contribution in [3.63, 3.8) is 0 Å². The van der Waals surface area contributed by atoms with E-state index in [1.807, 2.05) is 44.2 Å². The Bertz CT molecular complexity index is 1070. The highest BCUT2D eigenvalue weighted by Gasteiger charge is 2.12. The average molecular weight is 444 g/mol. The van der Waals surface area contributed by atoms with Crippen LogP contribution in [0.2, 0.25) is 10.0 Å². The van der Waals surface area contributed by atoms with Crippen LogP contribution in [0, 0.1) is 13.8 Å². The number of hydrogen-bond acceptors (Lipinski definition) is 4. The second-order valence-electron chi connectivity index (χ2n) is 6.73. The molecule has 0 saturated heterocycles. The SMILES string of the molecule is CCOC(=O)c1cccc(-n2c(C)cc(/C=N\NCc3c(Cl)cccc3Cl)c2C)c1. The normalized spacial score (nSPS) is 11.1. The second kappa shape index (κ2) is 9.83. The zero-order valence-corrected chi connectivity index (χ0v) is 18.6. The number of aromatic nitrogens is 1. The van der Waals surface area contributed by atoms with E-state index in [2.05, 4.69) is 15.1 Å². The van der Waals surface area contributed by atoms with E-state index >= 15 is 0 Å². The topological polar surface area (TPSA) is 55.6 Å². The third-order valence-corrected chi connectivity index (χ3v) is 5.41. The molecule has 0 spiro atoms. The Morgan fingerprint density at radius 3 is 2.53 bits per heavy atom. The van der Waals surface area contributed by atoms with E-state index < -0.39 is 0 Å². The van der Waals surface area contributed by atoms with Gasteiger partial charge in [0, 0.05) is 38.2 Å². The van der Waals surface area contributed by atoms with E-state index in [-0.39, 0.29) is 5.97 Å². The summed E-state index contributed by atoms with van der Waals surface area (Å²) >= 11 is 12.4. The molecule has 0 aliphatic heterocycles. The van der Waals surface area contributed by atoms with Gasteiger partial charge in [0.1, 0.15) is 0 Å². The van der Waals surface area contributed by atoms with Gasteiger partial charge in [-0.2, -0.15) is 5.10 Å². The smallest absolute Gasteiger partial charge is 0.338 e. The van der Waals surface area contributed by atoms with Crippen LogP contribution in [-0.4, -0.2) is 23.4 Å². The molecule has 0 saturated carbocycles. The van der Waals surface area contributed by atoms with Gasteiger partial charge in [-0.05, 0) is 57.2 Å². The molecule has 1 aromatic heterocycles. The maximum absolute atomic E-state index is 12.1. The number of benzene rings is 2. The van der Waals surface area contributed by atoms with Crippen LogP contribution >= 0.6 is 23.2 Å². The Hall–Kier alpha value is -2.76. The first-order valence-electron chi connectivity index (χ1n) is 9.57. The molecule has 7 heteroatoms. The molecule has 0 radical (unpaired) electrons. The van der Waals surface area contributed by atoms with Gasteiger partial charge in [0.15, 0.2) is 0 Å². The molecule has 0 aliphatic rings. The van der Waals surface area contributed by atoms with Crippen LogP contribution in [0.5, 0.6) is 0 Å². The molecule has 0 bridgehead atoms. The highest BCUT2D eigenvalue weighted by atomic mass is 35.5. The predicted molar refractivity (Wildman–Crippen MR) is 122 cm³/mol. The number of hydrogen-bond donors (Lipinski definition) is 1. The molecule has 1 heterocycles. The van der Waals surface area contributed by atoms with Crippen LogP contribution in [0.25, 0.3) is 5.69 Å². The summed E-state index contributed by atoms with van der Waals surface area (Å²) in [7, 11) is 0. The van der Waals surface area contributed by atoms with Gasteiger partial charge in [0.2, 0.25) is 0 Å². The van der Waals surface area contributed by atoms with Gasteiger partial charge in [-0.3, -0.25) is 0 Å². The van der Waals surface area contributed by atoms with E-state index in [1.165, 1.54) is 0 Å². The zero-order chi connectivity index (χ0) is 21.7. The maximum Gasteiger partial charge on any atom is 0.338 e. The molecular formula is C23H23Cl2N3O2. The molecule has 0 atom stereocenters. The molecule has 0 aliphatic carbocycles. The molecule has 5 nitrogen and oxygen atoms in total. The molecule has 2 aromatic carbocycles. The van der Waals surface area contributed by atoms with Gasteiger partial charge in [-0.25, -0.2) is 4.79 Å². The number of aryl methyl sites for hydroxylation is 1. The lowest BCUT2D eigenvalue weighted by Crippen LogP contribution is -2.07. The minimum absolute atomic E-state index is 0.328. The lowest BCUT2D eigenvalue weighted by Gasteiger charge is -2.11. The van der Waals surface area contributed by atoms with Crippen LogP contribution < -0.4 is 5.43 Å². The van der Waals surface area contributed by atoms with Crippen molar-refractivity contribution < 1.29 is 9.53 Å². The first-order valence-corrected chi connectivity index (χ1v) is 10.3. The lowest BCUT2D eigenvalue weighted by atomic mass is 10.2. The van der Waals surface area contributed by atoms with E-state index in [4.69, 9.17) is 27.9 Å². The van der Waals surface area contributed by atoms with Gasteiger partial charge < -0.3 is 14.7 Å². The summed E-state index contributed by atoms with van der Waals surface area (Å²) in [5.74, 6) is -0.328. The van der Waals surface area contributed by atoms with E-state index in [9.17, 15) is 4.79 Å². The summed E-state index contributed by atoms with van der Waals surface area (Å²) in [5.41, 5.74) is 8.22. The molecule has 0 unspecified atom stereocenters. The number of carbonyl (C=O) groups excluding carboxylic acids is 1. The molecule has 1 N–H and O–H groups in total. The van der Waals surface area contributed by atoms with Gasteiger partial charge in [0.25, 0.3) is 0 Å². The largest absolute Gasteiger partial charge is 0.462 e. The number of hydrazone groups is 1. The number of carbonyl (C=O) groups is 1. The average Bonchev–Trinajstić information content (AvgIpc) is 3.00. The van der Waals surface area contributed by atoms with Crippen LogP contribution in [0.3, 0.4) is 0 Å². The Morgan fingerprint density at radius 1 is 1.13 bits per heavy atom. The monoisotopic (exact) mass is 443 g/mol. The third kappa shape index (κ3) is 4.86. The highest BCUT2D eigenvalue weighted by molar-refractivity contribution is 6.35. The second-order valence-corrected chi connectivity index (χ2v) is 7.54. The van der Waals surface area contributed by atoms with Crippen LogP contribution in [0.15, 0.2) is 53.6 Å². The third-order valence-electron chi connectivity index (χ3n) is 4.70. The number of ether oxygens (including phenoxy) is 1. The molecule has 156 valence electrons. The maximum atomic E-state index is 12.1. The summed E-state index contributed by atoms with van der Waals surface area (Å²) in [4.78, 5) is 12.1. The molecule has 30 heavy (non-hydrogen) atoms.